The lowest BCUT2D eigenvalue weighted by Gasteiger charge is -2.43. The van der Waals surface area contributed by atoms with E-state index in [-0.39, 0.29) is 28.4 Å². The SMILES string of the molecule is CC1(C)[C@@H]2CC[C@]1(C)C(=O)C=C2OC(=O)c1ccc([N+](=O)[O-])cc1. The maximum atomic E-state index is 12.5. The molecule has 24 heavy (non-hydrogen) atoms. The van der Waals surface area contributed by atoms with Gasteiger partial charge in [0.2, 0.25) is 0 Å². The highest BCUT2D eigenvalue weighted by atomic mass is 16.6. The van der Waals surface area contributed by atoms with Gasteiger partial charge in [-0.2, -0.15) is 0 Å². The molecule has 1 aromatic carbocycles. The molecule has 0 aliphatic heterocycles. The summed E-state index contributed by atoms with van der Waals surface area (Å²) in [5, 5.41) is 10.7. The Kier molecular flexibility index (Phi) is 3.59. The quantitative estimate of drug-likeness (QED) is 0.480. The molecule has 6 heteroatoms. The number of carbonyl (C=O) groups excluding carboxylic acids is 2. The third-order valence-electron chi connectivity index (χ3n) is 5.91. The topological polar surface area (TPSA) is 86.5 Å². The number of ketones is 1. The van der Waals surface area contributed by atoms with Crippen LogP contribution in [0.2, 0.25) is 0 Å². The molecule has 0 saturated heterocycles. The van der Waals surface area contributed by atoms with Crippen LogP contribution in [0.5, 0.6) is 0 Å². The number of nitro groups is 1. The standard InChI is InChI=1S/C18H19NO5/c1-17(2)13-8-9-18(17,3)15(20)10-14(13)24-16(21)11-4-6-12(7-5-11)19(22)23/h4-7,10,13H,8-9H2,1-3H3/t13-,18-/m1/s1. The first kappa shape index (κ1) is 16.4. The summed E-state index contributed by atoms with van der Waals surface area (Å²) in [6, 6.07) is 5.23. The van der Waals surface area contributed by atoms with Crippen molar-refractivity contribution < 1.29 is 19.2 Å². The van der Waals surface area contributed by atoms with Crippen LogP contribution in [0, 0.1) is 26.9 Å². The fourth-order valence-corrected chi connectivity index (χ4v) is 3.81. The van der Waals surface area contributed by atoms with Gasteiger partial charge in [-0.15, -0.1) is 0 Å². The van der Waals surface area contributed by atoms with Crippen LogP contribution in [0.15, 0.2) is 36.1 Å². The summed E-state index contributed by atoms with van der Waals surface area (Å²) in [5.74, 6) is -0.187. The number of hydrogen-bond donors (Lipinski definition) is 0. The third-order valence-corrected chi connectivity index (χ3v) is 5.91. The highest BCUT2D eigenvalue weighted by molar-refractivity contribution is 5.98. The summed E-state index contributed by atoms with van der Waals surface area (Å²) in [6.45, 7) is 6.05. The second-order valence-electron chi connectivity index (χ2n) is 7.25. The van der Waals surface area contributed by atoms with Crippen LogP contribution in [-0.2, 0) is 9.53 Å². The Bertz CT molecular complexity index is 762. The minimum atomic E-state index is -0.602. The Hall–Kier alpha value is -2.50. The monoisotopic (exact) mass is 329 g/mol. The van der Waals surface area contributed by atoms with E-state index in [2.05, 4.69) is 0 Å². The maximum Gasteiger partial charge on any atom is 0.343 e. The fraction of sp³-hybridized carbons (Fsp3) is 0.444. The molecular weight excluding hydrogens is 310 g/mol. The number of ether oxygens (including phenoxy) is 1. The molecule has 0 unspecified atom stereocenters. The van der Waals surface area contributed by atoms with Crippen LogP contribution in [0.4, 0.5) is 5.69 Å². The van der Waals surface area contributed by atoms with Crippen molar-refractivity contribution in [3.8, 4) is 0 Å². The average molecular weight is 329 g/mol. The Balaban J connectivity index is 1.83. The summed E-state index contributed by atoms with van der Waals surface area (Å²) in [7, 11) is 0. The molecule has 0 aromatic heterocycles. The highest BCUT2D eigenvalue weighted by Crippen LogP contribution is 2.61. The zero-order valence-electron chi connectivity index (χ0n) is 13.9. The van der Waals surface area contributed by atoms with E-state index in [1.54, 1.807) is 0 Å². The number of rotatable bonds is 3. The second kappa shape index (κ2) is 5.26. The zero-order valence-corrected chi connectivity index (χ0v) is 13.9. The van der Waals surface area contributed by atoms with Crippen LogP contribution < -0.4 is 0 Å². The van der Waals surface area contributed by atoms with Crippen molar-refractivity contribution in [3.05, 3.63) is 51.8 Å². The molecule has 6 nitrogen and oxygen atoms in total. The van der Waals surface area contributed by atoms with E-state index in [0.717, 1.165) is 12.8 Å². The normalized spacial score (nSPS) is 27.5. The summed E-state index contributed by atoms with van der Waals surface area (Å²) in [5.41, 5.74) is -0.561. The molecule has 2 aliphatic rings. The third kappa shape index (κ3) is 2.25. The van der Waals surface area contributed by atoms with Gasteiger partial charge in [-0.3, -0.25) is 14.9 Å². The first-order chi connectivity index (χ1) is 11.2. The number of nitrogens with zero attached hydrogens (tertiary/aromatic N) is 1. The van der Waals surface area contributed by atoms with Crippen molar-refractivity contribution in [1.29, 1.82) is 0 Å². The lowest BCUT2D eigenvalue weighted by molar-refractivity contribution is -0.384. The molecule has 1 fully saturated rings. The van der Waals surface area contributed by atoms with Crippen LogP contribution in [0.25, 0.3) is 0 Å². The van der Waals surface area contributed by atoms with E-state index in [4.69, 9.17) is 4.74 Å². The lowest BCUT2D eigenvalue weighted by Crippen LogP contribution is -2.44. The number of hydrogen-bond acceptors (Lipinski definition) is 5. The van der Waals surface area contributed by atoms with Gasteiger partial charge in [-0.05, 0) is 30.4 Å². The van der Waals surface area contributed by atoms with Gasteiger partial charge in [0.1, 0.15) is 5.76 Å². The molecule has 2 atom stereocenters. The molecule has 0 N–H and O–H groups in total. The van der Waals surface area contributed by atoms with Gasteiger partial charge < -0.3 is 4.74 Å². The molecule has 0 spiro atoms. The van der Waals surface area contributed by atoms with Crippen molar-refractivity contribution in [2.75, 3.05) is 0 Å². The maximum absolute atomic E-state index is 12.5. The number of allylic oxidation sites excluding steroid dienone is 2. The van der Waals surface area contributed by atoms with E-state index in [1.165, 1.54) is 30.3 Å². The molecule has 0 amide bonds. The van der Waals surface area contributed by atoms with Gasteiger partial charge in [0.15, 0.2) is 5.78 Å². The average Bonchev–Trinajstić information content (AvgIpc) is 2.68. The van der Waals surface area contributed by atoms with E-state index in [0.29, 0.717) is 5.76 Å². The minimum Gasteiger partial charge on any atom is -0.427 e. The highest BCUT2D eigenvalue weighted by Gasteiger charge is 2.59. The molecule has 0 heterocycles. The molecule has 2 bridgehead atoms. The van der Waals surface area contributed by atoms with Crippen molar-refractivity contribution in [2.45, 2.75) is 33.6 Å². The number of non-ortho nitro benzene ring substituents is 1. The number of carbonyl (C=O) groups is 2. The number of nitro benzene ring substituents is 1. The molecular formula is C18H19NO5. The van der Waals surface area contributed by atoms with Gasteiger partial charge in [0.05, 0.1) is 10.5 Å². The van der Waals surface area contributed by atoms with Gasteiger partial charge in [-0.1, -0.05) is 20.8 Å². The Labute approximate surface area is 139 Å². The first-order valence-electron chi connectivity index (χ1n) is 7.89. The number of esters is 1. The Morgan fingerprint density at radius 2 is 1.88 bits per heavy atom. The molecule has 3 rings (SSSR count). The predicted molar refractivity (Wildman–Crippen MR) is 86.2 cm³/mol. The largest absolute Gasteiger partial charge is 0.427 e. The van der Waals surface area contributed by atoms with Crippen LogP contribution in [-0.4, -0.2) is 16.7 Å². The molecule has 126 valence electrons. The second-order valence-corrected chi connectivity index (χ2v) is 7.25. The number of benzene rings is 1. The van der Waals surface area contributed by atoms with Crippen molar-refractivity contribution >= 4 is 17.4 Å². The van der Waals surface area contributed by atoms with Crippen molar-refractivity contribution in [2.24, 2.45) is 16.7 Å². The molecule has 0 radical (unpaired) electrons. The van der Waals surface area contributed by atoms with E-state index in [9.17, 15) is 19.7 Å². The predicted octanol–water partition coefficient (Wildman–Crippen LogP) is 3.66. The van der Waals surface area contributed by atoms with Crippen LogP contribution in [0.3, 0.4) is 0 Å². The van der Waals surface area contributed by atoms with Crippen LogP contribution in [0.1, 0.15) is 44.0 Å². The minimum absolute atomic E-state index is 0.00671. The molecule has 1 aromatic rings. The van der Waals surface area contributed by atoms with E-state index < -0.39 is 16.3 Å². The Morgan fingerprint density at radius 1 is 1.25 bits per heavy atom. The first-order valence-corrected chi connectivity index (χ1v) is 7.89. The number of fused-ring (bicyclic) bond motifs is 2. The summed E-state index contributed by atoms with van der Waals surface area (Å²) in [4.78, 5) is 35.0. The smallest absolute Gasteiger partial charge is 0.343 e. The summed E-state index contributed by atoms with van der Waals surface area (Å²) in [6.07, 6.45) is 3.03. The molecule has 2 aliphatic carbocycles. The van der Waals surface area contributed by atoms with E-state index >= 15 is 0 Å². The van der Waals surface area contributed by atoms with Crippen molar-refractivity contribution in [1.82, 2.24) is 0 Å². The lowest BCUT2D eigenvalue weighted by atomic mass is 9.60. The zero-order chi connectivity index (χ0) is 17.7. The molecule has 1 saturated carbocycles. The summed E-state index contributed by atoms with van der Waals surface area (Å²) >= 11 is 0. The fourth-order valence-electron chi connectivity index (χ4n) is 3.81. The van der Waals surface area contributed by atoms with Gasteiger partial charge in [-0.25, -0.2) is 4.79 Å². The van der Waals surface area contributed by atoms with Gasteiger partial charge in [0, 0.05) is 29.5 Å². The van der Waals surface area contributed by atoms with Gasteiger partial charge in [0.25, 0.3) is 5.69 Å². The van der Waals surface area contributed by atoms with Gasteiger partial charge >= 0.3 is 5.97 Å². The summed E-state index contributed by atoms with van der Waals surface area (Å²) < 4.78 is 5.49. The Morgan fingerprint density at radius 3 is 2.46 bits per heavy atom. The van der Waals surface area contributed by atoms with E-state index in [1.807, 2.05) is 20.8 Å². The van der Waals surface area contributed by atoms with Crippen LogP contribution >= 0.6 is 0 Å². The van der Waals surface area contributed by atoms with Crippen molar-refractivity contribution in [3.63, 3.8) is 0 Å².